The van der Waals surface area contributed by atoms with Crippen LogP contribution in [0.2, 0.25) is 0 Å². The zero-order valence-electron chi connectivity index (χ0n) is 8.02. The molecule has 0 saturated carbocycles. The standard InChI is InChI=1S/C11H18/c1-5-11(4)8-6-10(2,3)7-9-11/h6-9H,5H2,1-4H3. The monoisotopic (exact) mass is 150 g/mol. The summed E-state index contributed by atoms with van der Waals surface area (Å²) < 4.78 is 0. The maximum absolute atomic E-state index is 2.33. The normalized spacial score (nSPS) is 25.5. The van der Waals surface area contributed by atoms with E-state index in [2.05, 4.69) is 52.0 Å². The van der Waals surface area contributed by atoms with Crippen molar-refractivity contribution in [2.24, 2.45) is 10.8 Å². The highest BCUT2D eigenvalue weighted by atomic mass is 14.3. The highest BCUT2D eigenvalue weighted by Crippen LogP contribution is 2.34. The van der Waals surface area contributed by atoms with Crippen molar-refractivity contribution in [1.29, 1.82) is 0 Å². The van der Waals surface area contributed by atoms with Gasteiger partial charge in [0.2, 0.25) is 0 Å². The lowest BCUT2D eigenvalue weighted by Crippen LogP contribution is -2.16. The summed E-state index contributed by atoms with van der Waals surface area (Å²) in [7, 11) is 0. The van der Waals surface area contributed by atoms with E-state index in [1.54, 1.807) is 0 Å². The quantitative estimate of drug-likeness (QED) is 0.501. The van der Waals surface area contributed by atoms with Gasteiger partial charge in [-0.2, -0.15) is 0 Å². The summed E-state index contributed by atoms with van der Waals surface area (Å²) in [4.78, 5) is 0. The topological polar surface area (TPSA) is 0 Å². The van der Waals surface area contributed by atoms with E-state index < -0.39 is 0 Å². The average Bonchev–Trinajstić information content (AvgIpc) is 1.97. The van der Waals surface area contributed by atoms with Crippen molar-refractivity contribution in [3.63, 3.8) is 0 Å². The molecule has 62 valence electrons. The fourth-order valence-electron chi connectivity index (χ4n) is 1.16. The van der Waals surface area contributed by atoms with Crippen LogP contribution in [0.1, 0.15) is 34.1 Å². The number of allylic oxidation sites excluding steroid dienone is 4. The van der Waals surface area contributed by atoms with Gasteiger partial charge in [-0.25, -0.2) is 0 Å². The second-order valence-electron chi connectivity index (χ2n) is 4.35. The minimum atomic E-state index is 0.272. The smallest absolute Gasteiger partial charge is 0.00307 e. The van der Waals surface area contributed by atoms with Gasteiger partial charge in [-0.15, -0.1) is 0 Å². The van der Waals surface area contributed by atoms with Gasteiger partial charge in [0, 0.05) is 10.8 Å². The molecule has 0 radical (unpaired) electrons. The van der Waals surface area contributed by atoms with Gasteiger partial charge in [-0.3, -0.25) is 0 Å². The van der Waals surface area contributed by atoms with Crippen molar-refractivity contribution in [3.05, 3.63) is 24.3 Å². The second-order valence-corrected chi connectivity index (χ2v) is 4.35. The van der Waals surface area contributed by atoms with Gasteiger partial charge in [0.05, 0.1) is 0 Å². The van der Waals surface area contributed by atoms with Crippen molar-refractivity contribution >= 4 is 0 Å². The first kappa shape index (κ1) is 8.58. The minimum Gasteiger partial charge on any atom is -0.0782 e. The Morgan fingerprint density at radius 3 is 1.73 bits per heavy atom. The summed E-state index contributed by atoms with van der Waals surface area (Å²) in [6, 6.07) is 0. The number of hydrogen-bond acceptors (Lipinski definition) is 0. The lowest BCUT2D eigenvalue weighted by Gasteiger charge is -2.28. The highest BCUT2D eigenvalue weighted by Gasteiger charge is 2.22. The lowest BCUT2D eigenvalue weighted by molar-refractivity contribution is 0.484. The zero-order valence-corrected chi connectivity index (χ0v) is 8.02. The van der Waals surface area contributed by atoms with E-state index in [0.717, 1.165) is 0 Å². The van der Waals surface area contributed by atoms with Crippen LogP contribution in [0.3, 0.4) is 0 Å². The van der Waals surface area contributed by atoms with Crippen LogP contribution >= 0.6 is 0 Å². The third-order valence-corrected chi connectivity index (χ3v) is 2.55. The zero-order chi connectivity index (χ0) is 8.54. The van der Waals surface area contributed by atoms with Gasteiger partial charge in [0.1, 0.15) is 0 Å². The van der Waals surface area contributed by atoms with Gasteiger partial charge in [-0.05, 0) is 6.42 Å². The molecular weight excluding hydrogens is 132 g/mol. The summed E-state index contributed by atoms with van der Waals surface area (Å²) in [6.07, 6.45) is 10.4. The van der Waals surface area contributed by atoms with Crippen molar-refractivity contribution in [1.82, 2.24) is 0 Å². The summed E-state index contributed by atoms with van der Waals surface area (Å²) in [5, 5.41) is 0. The molecule has 0 bridgehead atoms. The molecule has 0 amide bonds. The Morgan fingerprint density at radius 1 is 0.909 bits per heavy atom. The maximum atomic E-state index is 2.33. The molecule has 0 nitrogen and oxygen atoms in total. The molecule has 0 aromatic rings. The van der Waals surface area contributed by atoms with Gasteiger partial charge >= 0.3 is 0 Å². The van der Waals surface area contributed by atoms with E-state index in [1.165, 1.54) is 6.42 Å². The molecule has 0 atom stereocenters. The number of hydrogen-bond donors (Lipinski definition) is 0. The molecule has 0 spiro atoms. The number of rotatable bonds is 1. The van der Waals surface area contributed by atoms with Gasteiger partial charge < -0.3 is 0 Å². The van der Waals surface area contributed by atoms with Crippen LogP contribution in [0.25, 0.3) is 0 Å². The van der Waals surface area contributed by atoms with Crippen LogP contribution in [0.15, 0.2) is 24.3 Å². The van der Waals surface area contributed by atoms with E-state index in [9.17, 15) is 0 Å². The van der Waals surface area contributed by atoms with E-state index in [-0.39, 0.29) is 5.41 Å². The molecule has 0 aromatic heterocycles. The summed E-state index contributed by atoms with van der Waals surface area (Å²) in [6.45, 7) is 8.96. The molecule has 0 aliphatic heterocycles. The molecule has 0 saturated heterocycles. The Hall–Kier alpha value is -0.520. The summed E-state index contributed by atoms with van der Waals surface area (Å²) in [5.74, 6) is 0. The molecule has 0 fully saturated rings. The molecule has 1 aliphatic carbocycles. The van der Waals surface area contributed by atoms with Crippen LogP contribution in [-0.4, -0.2) is 0 Å². The highest BCUT2D eigenvalue weighted by molar-refractivity contribution is 5.22. The molecule has 1 aliphatic rings. The Bertz CT molecular complexity index is 178. The first-order valence-corrected chi connectivity index (χ1v) is 4.38. The second kappa shape index (κ2) is 2.51. The Morgan fingerprint density at radius 2 is 1.36 bits per heavy atom. The van der Waals surface area contributed by atoms with E-state index in [1.807, 2.05) is 0 Å². The van der Waals surface area contributed by atoms with Gasteiger partial charge in [0.25, 0.3) is 0 Å². The third kappa shape index (κ3) is 1.95. The molecule has 11 heavy (non-hydrogen) atoms. The largest absolute Gasteiger partial charge is 0.0782 e. The molecule has 0 heterocycles. The molecule has 0 heteroatoms. The fraction of sp³-hybridized carbons (Fsp3) is 0.636. The first-order chi connectivity index (χ1) is 4.97. The van der Waals surface area contributed by atoms with Crippen molar-refractivity contribution in [2.75, 3.05) is 0 Å². The van der Waals surface area contributed by atoms with Gasteiger partial charge in [0.15, 0.2) is 0 Å². The molecule has 0 unspecified atom stereocenters. The molecule has 0 N–H and O–H groups in total. The van der Waals surface area contributed by atoms with Crippen molar-refractivity contribution in [3.8, 4) is 0 Å². The third-order valence-electron chi connectivity index (χ3n) is 2.55. The van der Waals surface area contributed by atoms with Crippen LogP contribution in [0.5, 0.6) is 0 Å². The van der Waals surface area contributed by atoms with Crippen LogP contribution in [0.4, 0.5) is 0 Å². The summed E-state index contributed by atoms with van der Waals surface area (Å²) >= 11 is 0. The summed E-state index contributed by atoms with van der Waals surface area (Å²) in [5.41, 5.74) is 0.587. The SMILES string of the molecule is CCC1(C)C=CC(C)(C)C=C1. The van der Waals surface area contributed by atoms with Crippen LogP contribution < -0.4 is 0 Å². The lowest BCUT2D eigenvalue weighted by atomic mass is 9.76. The van der Waals surface area contributed by atoms with E-state index in [0.29, 0.717) is 5.41 Å². The Kier molecular flexibility index (Phi) is 1.96. The molecular formula is C11H18. The van der Waals surface area contributed by atoms with Crippen LogP contribution in [-0.2, 0) is 0 Å². The maximum Gasteiger partial charge on any atom is 0.00307 e. The Labute approximate surface area is 70.0 Å². The molecule has 0 aromatic carbocycles. The predicted molar refractivity (Wildman–Crippen MR) is 50.5 cm³/mol. The van der Waals surface area contributed by atoms with E-state index in [4.69, 9.17) is 0 Å². The average molecular weight is 150 g/mol. The first-order valence-electron chi connectivity index (χ1n) is 4.38. The van der Waals surface area contributed by atoms with Gasteiger partial charge in [-0.1, -0.05) is 52.0 Å². The van der Waals surface area contributed by atoms with Crippen molar-refractivity contribution < 1.29 is 0 Å². The predicted octanol–water partition coefficient (Wildman–Crippen LogP) is 3.55. The molecule has 1 rings (SSSR count). The fourth-order valence-corrected chi connectivity index (χ4v) is 1.16. The minimum absolute atomic E-state index is 0.272. The Balaban J connectivity index is 2.79. The van der Waals surface area contributed by atoms with Crippen LogP contribution in [0, 0.1) is 10.8 Å². The van der Waals surface area contributed by atoms with Crippen molar-refractivity contribution in [2.45, 2.75) is 34.1 Å². The van der Waals surface area contributed by atoms with E-state index >= 15 is 0 Å².